The van der Waals surface area contributed by atoms with Gasteiger partial charge in [-0.3, -0.25) is 0 Å². The molecule has 0 heterocycles. The smallest absolute Gasteiger partial charge is 0.122 e. The first-order valence-electron chi connectivity index (χ1n) is 5.14. The fraction of sp³-hybridized carbons (Fsp3) is 0.500. The van der Waals surface area contributed by atoms with Gasteiger partial charge in [-0.05, 0) is 49.6 Å². The van der Waals surface area contributed by atoms with Crippen molar-refractivity contribution >= 4 is 0 Å². The standard InChI is InChI=1S/C12H19NO2/c1-9-7-12(15-3)10(5-4-6-13)8-11(9)14-2/h7-8H,4-6,13H2,1-3H3. The third kappa shape index (κ3) is 2.86. The quantitative estimate of drug-likeness (QED) is 0.805. The number of aryl methyl sites for hydroxylation is 2. The molecule has 0 amide bonds. The Labute approximate surface area is 91.2 Å². The molecule has 0 fully saturated rings. The van der Waals surface area contributed by atoms with Crippen LogP contribution in [0.15, 0.2) is 12.1 Å². The summed E-state index contributed by atoms with van der Waals surface area (Å²) in [6.45, 7) is 2.70. The second-order valence-corrected chi connectivity index (χ2v) is 3.53. The molecule has 0 saturated carbocycles. The molecule has 0 bridgehead atoms. The molecule has 0 aliphatic heterocycles. The zero-order chi connectivity index (χ0) is 11.3. The van der Waals surface area contributed by atoms with Crippen molar-refractivity contribution in [2.24, 2.45) is 5.73 Å². The van der Waals surface area contributed by atoms with Gasteiger partial charge in [0, 0.05) is 0 Å². The third-order valence-corrected chi connectivity index (χ3v) is 2.45. The van der Waals surface area contributed by atoms with Crippen molar-refractivity contribution < 1.29 is 9.47 Å². The van der Waals surface area contributed by atoms with Crippen molar-refractivity contribution in [2.75, 3.05) is 20.8 Å². The molecule has 0 atom stereocenters. The van der Waals surface area contributed by atoms with Crippen molar-refractivity contribution in [2.45, 2.75) is 19.8 Å². The summed E-state index contributed by atoms with van der Waals surface area (Å²) >= 11 is 0. The molecule has 0 aliphatic rings. The lowest BCUT2D eigenvalue weighted by atomic mass is 10.1. The highest BCUT2D eigenvalue weighted by Crippen LogP contribution is 2.28. The molecule has 1 rings (SSSR count). The van der Waals surface area contributed by atoms with E-state index in [0.29, 0.717) is 6.54 Å². The molecule has 0 unspecified atom stereocenters. The summed E-state index contributed by atoms with van der Waals surface area (Å²) in [5.74, 6) is 1.82. The van der Waals surface area contributed by atoms with E-state index in [4.69, 9.17) is 15.2 Å². The van der Waals surface area contributed by atoms with Gasteiger partial charge >= 0.3 is 0 Å². The number of hydrogen-bond donors (Lipinski definition) is 1. The minimum Gasteiger partial charge on any atom is -0.496 e. The van der Waals surface area contributed by atoms with Gasteiger partial charge in [-0.25, -0.2) is 0 Å². The van der Waals surface area contributed by atoms with Gasteiger partial charge in [0.25, 0.3) is 0 Å². The van der Waals surface area contributed by atoms with Crippen LogP contribution in [0.25, 0.3) is 0 Å². The Morgan fingerprint density at radius 2 is 1.80 bits per heavy atom. The van der Waals surface area contributed by atoms with E-state index in [9.17, 15) is 0 Å². The van der Waals surface area contributed by atoms with Crippen LogP contribution in [0.3, 0.4) is 0 Å². The maximum Gasteiger partial charge on any atom is 0.122 e. The van der Waals surface area contributed by atoms with Gasteiger partial charge < -0.3 is 15.2 Å². The highest BCUT2D eigenvalue weighted by atomic mass is 16.5. The van der Waals surface area contributed by atoms with Crippen molar-refractivity contribution in [3.05, 3.63) is 23.3 Å². The van der Waals surface area contributed by atoms with Crippen LogP contribution in [-0.4, -0.2) is 20.8 Å². The van der Waals surface area contributed by atoms with Crippen LogP contribution in [0, 0.1) is 6.92 Å². The lowest BCUT2D eigenvalue weighted by Crippen LogP contribution is -2.02. The SMILES string of the molecule is COc1cc(CCCN)c(OC)cc1C. The van der Waals surface area contributed by atoms with E-state index in [2.05, 4.69) is 0 Å². The summed E-state index contributed by atoms with van der Waals surface area (Å²) in [4.78, 5) is 0. The predicted molar refractivity (Wildman–Crippen MR) is 61.7 cm³/mol. The zero-order valence-corrected chi connectivity index (χ0v) is 9.67. The van der Waals surface area contributed by atoms with E-state index in [1.807, 2.05) is 19.1 Å². The lowest BCUT2D eigenvalue weighted by molar-refractivity contribution is 0.396. The highest BCUT2D eigenvalue weighted by Gasteiger charge is 2.07. The van der Waals surface area contributed by atoms with Crippen LogP contribution in [0.5, 0.6) is 11.5 Å². The molecular weight excluding hydrogens is 190 g/mol. The monoisotopic (exact) mass is 209 g/mol. The normalized spacial score (nSPS) is 10.1. The minimum absolute atomic E-state index is 0.694. The van der Waals surface area contributed by atoms with Crippen LogP contribution in [0.1, 0.15) is 17.5 Å². The Morgan fingerprint density at radius 3 is 2.33 bits per heavy atom. The van der Waals surface area contributed by atoms with Gasteiger partial charge in [-0.1, -0.05) is 0 Å². The fourth-order valence-electron chi connectivity index (χ4n) is 1.60. The summed E-state index contributed by atoms with van der Waals surface area (Å²) in [7, 11) is 3.37. The minimum atomic E-state index is 0.694. The number of rotatable bonds is 5. The Hall–Kier alpha value is -1.22. The summed E-state index contributed by atoms with van der Waals surface area (Å²) in [6, 6.07) is 4.04. The summed E-state index contributed by atoms with van der Waals surface area (Å²) < 4.78 is 10.6. The highest BCUT2D eigenvalue weighted by molar-refractivity contribution is 5.45. The van der Waals surface area contributed by atoms with E-state index >= 15 is 0 Å². The second kappa shape index (κ2) is 5.61. The zero-order valence-electron chi connectivity index (χ0n) is 9.67. The molecule has 1 aromatic rings. The number of benzene rings is 1. The summed E-state index contributed by atoms with van der Waals surface area (Å²) in [6.07, 6.45) is 1.89. The molecule has 0 spiro atoms. The van der Waals surface area contributed by atoms with E-state index in [1.165, 1.54) is 0 Å². The first-order chi connectivity index (χ1) is 7.22. The Morgan fingerprint density at radius 1 is 1.13 bits per heavy atom. The predicted octanol–water partition coefficient (Wildman–Crippen LogP) is 1.90. The largest absolute Gasteiger partial charge is 0.496 e. The van der Waals surface area contributed by atoms with Crippen LogP contribution < -0.4 is 15.2 Å². The molecule has 1 aromatic carbocycles. The summed E-state index contributed by atoms with van der Waals surface area (Å²) in [5.41, 5.74) is 7.74. The Balaban J connectivity index is 2.99. The average Bonchev–Trinajstić information content (AvgIpc) is 2.26. The lowest BCUT2D eigenvalue weighted by Gasteiger charge is -2.12. The molecule has 2 N–H and O–H groups in total. The van der Waals surface area contributed by atoms with Crippen molar-refractivity contribution in [3.63, 3.8) is 0 Å². The Bertz CT molecular complexity index is 324. The number of ether oxygens (including phenoxy) is 2. The van der Waals surface area contributed by atoms with Gasteiger partial charge in [0.15, 0.2) is 0 Å². The molecule has 15 heavy (non-hydrogen) atoms. The molecule has 0 saturated heterocycles. The van der Waals surface area contributed by atoms with Crippen molar-refractivity contribution in [1.29, 1.82) is 0 Å². The molecule has 3 heteroatoms. The topological polar surface area (TPSA) is 44.5 Å². The van der Waals surface area contributed by atoms with E-state index in [0.717, 1.165) is 35.5 Å². The van der Waals surface area contributed by atoms with Gasteiger partial charge in [0.1, 0.15) is 11.5 Å². The van der Waals surface area contributed by atoms with Gasteiger partial charge in [0.05, 0.1) is 14.2 Å². The van der Waals surface area contributed by atoms with Gasteiger partial charge in [0.2, 0.25) is 0 Å². The maximum absolute atomic E-state index is 5.50. The molecule has 84 valence electrons. The second-order valence-electron chi connectivity index (χ2n) is 3.53. The van der Waals surface area contributed by atoms with E-state index < -0.39 is 0 Å². The van der Waals surface area contributed by atoms with Gasteiger partial charge in [-0.15, -0.1) is 0 Å². The maximum atomic E-state index is 5.50. The number of hydrogen-bond acceptors (Lipinski definition) is 3. The molecule has 0 aromatic heterocycles. The van der Waals surface area contributed by atoms with Gasteiger partial charge in [-0.2, -0.15) is 0 Å². The number of methoxy groups -OCH3 is 2. The van der Waals surface area contributed by atoms with Crippen LogP contribution in [-0.2, 0) is 6.42 Å². The van der Waals surface area contributed by atoms with Crippen molar-refractivity contribution in [1.82, 2.24) is 0 Å². The first-order valence-corrected chi connectivity index (χ1v) is 5.14. The molecule has 0 aliphatic carbocycles. The summed E-state index contributed by atoms with van der Waals surface area (Å²) in [5, 5.41) is 0. The number of nitrogens with two attached hydrogens (primary N) is 1. The first kappa shape index (κ1) is 11.9. The molecule has 0 radical (unpaired) electrons. The average molecular weight is 209 g/mol. The molecule has 3 nitrogen and oxygen atoms in total. The van der Waals surface area contributed by atoms with Crippen molar-refractivity contribution in [3.8, 4) is 11.5 Å². The Kier molecular flexibility index (Phi) is 4.43. The van der Waals surface area contributed by atoms with Crippen LogP contribution in [0.4, 0.5) is 0 Å². The third-order valence-electron chi connectivity index (χ3n) is 2.45. The van der Waals surface area contributed by atoms with E-state index in [-0.39, 0.29) is 0 Å². The van der Waals surface area contributed by atoms with Crippen LogP contribution >= 0.6 is 0 Å². The fourth-order valence-corrected chi connectivity index (χ4v) is 1.60. The molecular formula is C12H19NO2. The van der Waals surface area contributed by atoms with Crippen LogP contribution in [0.2, 0.25) is 0 Å². The van der Waals surface area contributed by atoms with E-state index in [1.54, 1.807) is 14.2 Å².